The second-order valence-corrected chi connectivity index (χ2v) is 4.38. The van der Waals surface area contributed by atoms with E-state index in [9.17, 15) is 14.9 Å². The number of hydrogen-bond acceptors (Lipinski definition) is 6. The van der Waals surface area contributed by atoms with Crippen molar-refractivity contribution in [2.45, 2.75) is 25.6 Å². The molecule has 20 heavy (non-hydrogen) atoms. The van der Waals surface area contributed by atoms with Gasteiger partial charge in [-0.25, -0.2) is 10.3 Å². The minimum atomic E-state index is -0.642. The van der Waals surface area contributed by atoms with E-state index in [0.717, 1.165) is 18.9 Å². The van der Waals surface area contributed by atoms with Crippen LogP contribution in [0.25, 0.3) is 0 Å². The maximum Gasteiger partial charge on any atom is 0.292 e. The smallest absolute Gasteiger partial charge is 0.292 e. The molecule has 8 nitrogen and oxygen atoms in total. The fourth-order valence-corrected chi connectivity index (χ4v) is 1.83. The molecule has 1 aliphatic rings. The van der Waals surface area contributed by atoms with Crippen LogP contribution in [0.15, 0.2) is 18.2 Å². The zero-order valence-electron chi connectivity index (χ0n) is 10.7. The van der Waals surface area contributed by atoms with Crippen molar-refractivity contribution in [2.75, 3.05) is 12.3 Å². The monoisotopic (exact) mass is 281 g/mol. The van der Waals surface area contributed by atoms with Gasteiger partial charge in [0.1, 0.15) is 5.69 Å². The standard InChI is InChI=1S/C12H15N3O5/c13-9-5-4-8(7-10(9)15(17)18)12(16)14-20-11-3-1-2-6-19-11/h4-5,7,11H,1-3,6,13H2,(H,14,16). The van der Waals surface area contributed by atoms with Crippen LogP contribution in [0.2, 0.25) is 0 Å². The van der Waals surface area contributed by atoms with Gasteiger partial charge in [0.2, 0.25) is 0 Å². The highest BCUT2D eigenvalue weighted by molar-refractivity contribution is 5.94. The molecule has 1 heterocycles. The predicted molar refractivity (Wildman–Crippen MR) is 69.7 cm³/mol. The van der Waals surface area contributed by atoms with Crippen molar-refractivity contribution in [3.05, 3.63) is 33.9 Å². The van der Waals surface area contributed by atoms with Crippen molar-refractivity contribution in [3.63, 3.8) is 0 Å². The first-order chi connectivity index (χ1) is 9.58. The molecular formula is C12H15N3O5. The van der Waals surface area contributed by atoms with Crippen LogP contribution in [0.3, 0.4) is 0 Å². The maximum absolute atomic E-state index is 11.8. The summed E-state index contributed by atoms with van der Waals surface area (Å²) >= 11 is 0. The van der Waals surface area contributed by atoms with Crippen molar-refractivity contribution >= 4 is 17.3 Å². The molecule has 1 aromatic rings. The van der Waals surface area contributed by atoms with Crippen molar-refractivity contribution in [1.29, 1.82) is 0 Å². The van der Waals surface area contributed by atoms with E-state index >= 15 is 0 Å². The molecule has 0 spiro atoms. The lowest BCUT2D eigenvalue weighted by Gasteiger charge is -2.22. The Morgan fingerprint density at radius 2 is 2.30 bits per heavy atom. The minimum Gasteiger partial charge on any atom is -0.393 e. The van der Waals surface area contributed by atoms with Gasteiger partial charge in [-0.05, 0) is 25.0 Å². The number of carbonyl (C=O) groups is 1. The lowest BCUT2D eigenvalue weighted by molar-refractivity contribution is -0.383. The predicted octanol–water partition coefficient (Wildman–Crippen LogP) is 1.37. The summed E-state index contributed by atoms with van der Waals surface area (Å²) in [5.41, 5.74) is 7.47. The first-order valence-corrected chi connectivity index (χ1v) is 6.19. The third-order valence-electron chi connectivity index (χ3n) is 2.91. The van der Waals surface area contributed by atoms with Crippen LogP contribution in [0.4, 0.5) is 11.4 Å². The summed E-state index contributed by atoms with van der Waals surface area (Å²) in [6, 6.07) is 3.81. The fourth-order valence-electron chi connectivity index (χ4n) is 1.83. The van der Waals surface area contributed by atoms with E-state index in [1.165, 1.54) is 12.1 Å². The van der Waals surface area contributed by atoms with Crippen molar-refractivity contribution in [2.24, 2.45) is 0 Å². The maximum atomic E-state index is 11.8. The molecule has 1 amide bonds. The molecule has 8 heteroatoms. The fraction of sp³-hybridized carbons (Fsp3) is 0.417. The Hall–Kier alpha value is -2.19. The quantitative estimate of drug-likeness (QED) is 0.489. The van der Waals surface area contributed by atoms with Crippen LogP contribution in [-0.2, 0) is 9.57 Å². The number of benzene rings is 1. The normalized spacial score (nSPS) is 18.5. The third kappa shape index (κ3) is 3.43. The van der Waals surface area contributed by atoms with E-state index in [1.807, 2.05) is 0 Å². The third-order valence-corrected chi connectivity index (χ3v) is 2.91. The van der Waals surface area contributed by atoms with Gasteiger partial charge in [-0.15, -0.1) is 0 Å². The number of rotatable bonds is 4. The molecule has 0 radical (unpaired) electrons. The summed E-state index contributed by atoms with van der Waals surface area (Å²) in [7, 11) is 0. The number of nitrogens with two attached hydrogens (primary N) is 1. The summed E-state index contributed by atoms with van der Waals surface area (Å²) in [5.74, 6) is -0.581. The summed E-state index contributed by atoms with van der Waals surface area (Å²) < 4.78 is 5.28. The molecule has 1 saturated heterocycles. The Bertz CT molecular complexity index is 514. The van der Waals surface area contributed by atoms with Crippen LogP contribution < -0.4 is 11.2 Å². The number of nitrogen functional groups attached to an aromatic ring is 1. The van der Waals surface area contributed by atoms with Gasteiger partial charge in [0, 0.05) is 24.7 Å². The molecule has 2 rings (SSSR count). The second-order valence-electron chi connectivity index (χ2n) is 4.38. The van der Waals surface area contributed by atoms with Crippen molar-refractivity contribution in [3.8, 4) is 0 Å². The summed E-state index contributed by atoms with van der Waals surface area (Å²) in [4.78, 5) is 27.0. The number of nitro benzene ring substituents is 1. The molecular weight excluding hydrogens is 266 g/mol. The molecule has 1 atom stereocenters. The highest BCUT2D eigenvalue weighted by Gasteiger charge is 2.18. The SMILES string of the molecule is Nc1ccc(C(=O)NOC2CCCCO2)cc1[N+](=O)[O-]. The van der Waals surface area contributed by atoms with Gasteiger partial charge < -0.3 is 10.5 Å². The van der Waals surface area contributed by atoms with Gasteiger partial charge in [0.25, 0.3) is 11.6 Å². The molecule has 1 aliphatic heterocycles. The number of amides is 1. The van der Waals surface area contributed by atoms with E-state index in [2.05, 4.69) is 5.48 Å². The number of hydroxylamine groups is 1. The van der Waals surface area contributed by atoms with Gasteiger partial charge in [0.05, 0.1) is 4.92 Å². The van der Waals surface area contributed by atoms with E-state index in [0.29, 0.717) is 13.0 Å². The highest BCUT2D eigenvalue weighted by atomic mass is 16.8. The molecule has 0 aromatic heterocycles. The van der Waals surface area contributed by atoms with Gasteiger partial charge in [0.15, 0.2) is 6.29 Å². The molecule has 3 N–H and O–H groups in total. The number of anilines is 1. The number of carbonyl (C=O) groups excluding carboxylic acids is 1. The first kappa shape index (κ1) is 14.2. The summed E-state index contributed by atoms with van der Waals surface area (Å²) in [6.45, 7) is 0.591. The lowest BCUT2D eigenvalue weighted by Crippen LogP contribution is -2.33. The van der Waals surface area contributed by atoms with Gasteiger partial charge >= 0.3 is 0 Å². The van der Waals surface area contributed by atoms with Gasteiger partial charge in [-0.1, -0.05) is 0 Å². The Labute approximate surface area is 115 Å². The zero-order valence-corrected chi connectivity index (χ0v) is 10.7. The number of nitrogens with one attached hydrogen (secondary N) is 1. The summed E-state index contributed by atoms with van der Waals surface area (Å²) in [6.07, 6.45) is 2.16. The summed E-state index contributed by atoms with van der Waals surface area (Å²) in [5, 5.41) is 10.7. The molecule has 0 bridgehead atoms. The highest BCUT2D eigenvalue weighted by Crippen LogP contribution is 2.22. The Kier molecular flexibility index (Phi) is 4.49. The Morgan fingerprint density at radius 3 is 2.95 bits per heavy atom. The number of hydrogen-bond donors (Lipinski definition) is 2. The Morgan fingerprint density at radius 1 is 1.50 bits per heavy atom. The van der Waals surface area contributed by atoms with Crippen molar-refractivity contribution < 1.29 is 19.3 Å². The van der Waals surface area contributed by atoms with E-state index in [4.69, 9.17) is 15.3 Å². The van der Waals surface area contributed by atoms with Crippen LogP contribution in [-0.4, -0.2) is 23.7 Å². The molecule has 1 unspecified atom stereocenters. The minimum absolute atomic E-state index is 0.00285. The zero-order chi connectivity index (χ0) is 14.5. The second kappa shape index (κ2) is 6.31. The van der Waals surface area contributed by atoms with Gasteiger partial charge in [-0.3, -0.25) is 14.9 Å². The number of nitrogens with zero attached hydrogens (tertiary/aromatic N) is 1. The first-order valence-electron chi connectivity index (χ1n) is 6.19. The number of ether oxygens (including phenoxy) is 1. The van der Waals surface area contributed by atoms with Crippen LogP contribution in [0.1, 0.15) is 29.6 Å². The topological polar surface area (TPSA) is 117 Å². The van der Waals surface area contributed by atoms with Crippen molar-refractivity contribution in [1.82, 2.24) is 5.48 Å². The van der Waals surface area contributed by atoms with E-state index < -0.39 is 17.1 Å². The van der Waals surface area contributed by atoms with Crippen LogP contribution in [0, 0.1) is 10.1 Å². The largest absolute Gasteiger partial charge is 0.393 e. The van der Waals surface area contributed by atoms with Crippen LogP contribution in [0.5, 0.6) is 0 Å². The average molecular weight is 281 g/mol. The molecule has 1 fully saturated rings. The lowest BCUT2D eigenvalue weighted by atomic mass is 10.1. The molecule has 1 aromatic carbocycles. The van der Waals surface area contributed by atoms with Crippen LogP contribution >= 0.6 is 0 Å². The molecule has 0 saturated carbocycles. The average Bonchev–Trinajstić information content (AvgIpc) is 2.46. The van der Waals surface area contributed by atoms with Gasteiger partial charge in [-0.2, -0.15) is 0 Å². The molecule has 108 valence electrons. The van der Waals surface area contributed by atoms with E-state index in [1.54, 1.807) is 0 Å². The number of nitro groups is 1. The molecule has 0 aliphatic carbocycles. The van der Waals surface area contributed by atoms with E-state index in [-0.39, 0.29) is 16.9 Å². The Balaban J connectivity index is 1.98.